The second kappa shape index (κ2) is 2.81. The first-order valence-corrected chi connectivity index (χ1v) is 4.21. The highest BCUT2D eigenvalue weighted by molar-refractivity contribution is 5.77. The van der Waals surface area contributed by atoms with Gasteiger partial charge >= 0.3 is 0 Å². The minimum atomic E-state index is -0.0284. The molecule has 0 fully saturated rings. The lowest BCUT2D eigenvalue weighted by molar-refractivity contribution is 0.773. The van der Waals surface area contributed by atoms with Crippen LogP contribution < -0.4 is 5.73 Å². The van der Waals surface area contributed by atoms with Crippen molar-refractivity contribution in [1.82, 2.24) is 14.8 Å². The zero-order valence-electron chi connectivity index (χ0n) is 7.73. The van der Waals surface area contributed by atoms with E-state index < -0.39 is 0 Å². The first kappa shape index (κ1) is 8.19. The van der Waals surface area contributed by atoms with Crippen molar-refractivity contribution in [2.24, 2.45) is 12.8 Å². The van der Waals surface area contributed by atoms with E-state index >= 15 is 0 Å². The van der Waals surface area contributed by atoms with Gasteiger partial charge in [0.1, 0.15) is 0 Å². The van der Waals surface area contributed by atoms with E-state index in [-0.39, 0.29) is 6.04 Å². The van der Waals surface area contributed by atoms with Gasteiger partial charge in [-0.15, -0.1) is 0 Å². The van der Waals surface area contributed by atoms with Crippen molar-refractivity contribution in [2.75, 3.05) is 0 Å². The minimum absolute atomic E-state index is 0.0284. The smallest absolute Gasteiger partial charge is 0.0713 e. The van der Waals surface area contributed by atoms with Crippen LogP contribution in [0.3, 0.4) is 0 Å². The molecule has 0 radical (unpaired) electrons. The number of aromatic nitrogens is 3. The number of rotatable bonds is 1. The molecular formula is C9H12N4. The van der Waals surface area contributed by atoms with Crippen LogP contribution >= 0.6 is 0 Å². The highest BCUT2D eigenvalue weighted by Gasteiger charge is 2.04. The van der Waals surface area contributed by atoms with Crippen LogP contribution in [0.1, 0.15) is 18.7 Å². The predicted octanol–water partition coefficient (Wildman–Crippen LogP) is 0.988. The second-order valence-corrected chi connectivity index (χ2v) is 3.22. The largest absolute Gasteiger partial charge is 0.323 e. The highest BCUT2D eigenvalue weighted by atomic mass is 15.2. The van der Waals surface area contributed by atoms with Gasteiger partial charge in [-0.1, -0.05) is 0 Å². The Morgan fingerprint density at radius 3 is 2.92 bits per heavy atom. The van der Waals surface area contributed by atoms with E-state index in [0.29, 0.717) is 0 Å². The topological polar surface area (TPSA) is 56.7 Å². The van der Waals surface area contributed by atoms with Gasteiger partial charge < -0.3 is 5.73 Å². The van der Waals surface area contributed by atoms with Crippen LogP contribution in [0.5, 0.6) is 0 Å². The Bertz CT molecular complexity index is 430. The van der Waals surface area contributed by atoms with Crippen molar-refractivity contribution in [3.05, 3.63) is 24.2 Å². The molecule has 2 heterocycles. The summed E-state index contributed by atoms with van der Waals surface area (Å²) in [5.41, 5.74) is 7.70. The van der Waals surface area contributed by atoms with E-state index in [1.807, 2.05) is 24.7 Å². The molecule has 4 heteroatoms. The van der Waals surface area contributed by atoms with E-state index in [1.165, 1.54) is 0 Å². The van der Waals surface area contributed by atoms with Crippen molar-refractivity contribution < 1.29 is 0 Å². The lowest BCUT2D eigenvalue weighted by atomic mass is 10.2. The fourth-order valence-electron chi connectivity index (χ4n) is 1.31. The molecule has 2 aromatic heterocycles. The zero-order valence-corrected chi connectivity index (χ0v) is 7.73. The van der Waals surface area contributed by atoms with Gasteiger partial charge in [0.2, 0.25) is 0 Å². The monoisotopic (exact) mass is 176 g/mol. The summed E-state index contributed by atoms with van der Waals surface area (Å²) in [6.45, 7) is 1.92. The maximum atomic E-state index is 5.73. The van der Waals surface area contributed by atoms with Crippen LogP contribution in [0, 0.1) is 0 Å². The molecule has 0 amide bonds. The number of hydrogen-bond acceptors (Lipinski definition) is 3. The summed E-state index contributed by atoms with van der Waals surface area (Å²) in [5, 5.41) is 5.18. The molecule has 0 aliphatic rings. The highest BCUT2D eigenvalue weighted by Crippen LogP contribution is 2.15. The van der Waals surface area contributed by atoms with Crippen LogP contribution in [0.4, 0.5) is 0 Å². The molecule has 0 aromatic carbocycles. The van der Waals surface area contributed by atoms with Gasteiger partial charge in [-0.05, 0) is 13.0 Å². The molecule has 0 unspecified atom stereocenters. The molecule has 13 heavy (non-hydrogen) atoms. The molecule has 68 valence electrons. The SMILES string of the molecule is C[C@@H](N)c1cc2c(cn1)cnn2C. The first-order chi connectivity index (χ1) is 6.18. The Labute approximate surface area is 76.4 Å². The van der Waals surface area contributed by atoms with Crippen molar-refractivity contribution in [3.63, 3.8) is 0 Å². The molecule has 0 saturated carbocycles. The summed E-state index contributed by atoms with van der Waals surface area (Å²) in [6.07, 6.45) is 3.61. The van der Waals surface area contributed by atoms with E-state index in [9.17, 15) is 0 Å². The van der Waals surface area contributed by atoms with Gasteiger partial charge in [0.05, 0.1) is 17.4 Å². The molecule has 2 aromatic rings. The lowest BCUT2D eigenvalue weighted by Gasteiger charge is -2.03. The molecule has 4 nitrogen and oxygen atoms in total. The molecule has 1 atom stereocenters. The van der Waals surface area contributed by atoms with Gasteiger partial charge in [-0.2, -0.15) is 5.10 Å². The summed E-state index contributed by atoms with van der Waals surface area (Å²) in [4.78, 5) is 4.24. The summed E-state index contributed by atoms with van der Waals surface area (Å²) < 4.78 is 1.82. The average molecular weight is 176 g/mol. The fourth-order valence-corrected chi connectivity index (χ4v) is 1.31. The Hall–Kier alpha value is -1.42. The first-order valence-electron chi connectivity index (χ1n) is 4.21. The lowest BCUT2D eigenvalue weighted by Crippen LogP contribution is -2.07. The van der Waals surface area contributed by atoms with E-state index in [2.05, 4.69) is 10.1 Å². The maximum Gasteiger partial charge on any atom is 0.0713 e. The summed E-state index contributed by atoms with van der Waals surface area (Å²) in [6, 6.07) is 1.95. The summed E-state index contributed by atoms with van der Waals surface area (Å²) in [5.74, 6) is 0. The maximum absolute atomic E-state index is 5.73. The Balaban J connectivity index is 2.66. The Morgan fingerprint density at radius 2 is 2.23 bits per heavy atom. The van der Waals surface area contributed by atoms with Gasteiger partial charge in [-0.3, -0.25) is 9.67 Å². The standard InChI is InChI=1S/C9H12N4/c1-6(10)8-3-9-7(4-11-8)5-12-13(9)2/h3-6H,10H2,1-2H3/t6-/m1/s1. The predicted molar refractivity (Wildman–Crippen MR) is 51.1 cm³/mol. The van der Waals surface area contributed by atoms with Crippen molar-refractivity contribution in [2.45, 2.75) is 13.0 Å². The van der Waals surface area contributed by atoms with Gasteiger partial charge in [0, 0.05) is 24.7 Å². The molecular weight excluding hydrogens is 164 g/mol. The van der Waals surface area contributed by atoms with E-state index in [4.69, 9.17) is 5.73 Å². The van der Waals surface area contributed by atoms with Crippen molar-refractivity contribution in [3.8, 4) is 0 Å². The minimum Gasteiger partial charge on any atom is -0.323 e. The third kappa shape index (κ3) is 1.29. The molecule has 0 bridgehead atoms. The van der Waals surface area contributed by atoms with E-state index in [1.54, 1.807) is 12.4 Å². The number of aryl methyl sites for hydroxylation is 1. The molecule has 0 aliphatic heterocycles. The van der Waals surface area contributed by atoms with Crippen LogP contribution in [0.15, 0.2) is 18.5 Å². The molecule has 0 spiro atoms. The second-order valence-electron chi connectivity index (χ2n) is 3.22. The number of pyridine rings is 1. The van der Waals surface area contributed by atoms with Crippen LogP contribution in [-0.2, 0) is 7.05 Å². The van der Waals surface area contributed by atoms with Crippen molar-refractivity contribution in [1.29, 1.82) is 0 Å². The normalized spacial score (nSPS) is 13.5. The fraction of sp³-hybridized carbons (Fsp3) is 0.333. The molecule has 0 saturated heterocycles. The van der Waals surface area contributed by atoms with E-state index in [0.717, 1.165) is 16.6 Å². The van der Waals surface area contributed by atoms with Gasteiger partial charge in [0.25, 0.3) is 0 Å². The number of nitrogens with zero attached hydrogens (tertiary/aromatic N) is 3. The number of fused-ring (bicyclic) bond motifs is 1. The average Bonchev–Trinajstić information content (AvgIpc) is 2.47. The summed E-state index contributed by atoms with van der Waals surface area (Å²) >= 11 is 0. The third-order valence-corrected chi connectivity index (χ3v) is 2.12. The summed E-state index contributed by atoms with van der Waals surface area (Å²) in [7, 11) is 1.91. The molecule has 2 rings (SSSR count). The van der Waals surface area contributed by atoms with Crippen molar-refractivity contribution >= 4 is 10.9 Å². The Kier molecular flexibility index (Phi) is 1.77. The zero-order chi connectivity index (χ0) is 9.42. The number of hydrogen-bond donors (Lipinski definition) is 1. The van der Waals surface area contributed by atoms with Crippen LogP contribution in [0.2, 0.25) is 0 Å². The quantitative estimate of drug-likeness (QED) is 0.704. The number of nitrogens with two attached hydrogens (primary N) is 1. The molecule has 0 aliphatic carbocycles. The van der Waals surface area contributed by atoms with Gasteiger partial charge in [-0.25, -0.2) is 0 Å². The molecule has 2 N–H and O–H groups in total. The van der Waals surface area contributed by atoms with Crippen LogP contribution in [-0.4, -0.2) is 14.8 Å². The van der Waals surface area contributed by atoms with Crippen LogP contribution in [0.25, 0.3) is 10.9 Å². The Morgan fingerprint density at radius 1 is 1.46 bits per heavy atom. The third-order valence-electron chi connectivity index (χ3n) is 2.12. The van der Waals surface area contributed by atoms with Gasteiger partial charge in [0.15, 0.2) is 0 Å².